The molecule has 0 bridgehead atoms. The van der Waals surface area contributed by atoms with Crippen LogP contribution in [0.4, 0.5) is 5.69 Å². The molecule has 1 saturated heterocycles. The van der Waals surface area contributed by atoms with Gasteiger partial charge in [-0.1, -0.05) is 31.0 Å². The Balaban J connectivity index is 1.28. The number of fused-ring (bicyclic) bond motifs is 1. The molecule has 1 atom stereocenters. The fraction of sp³-hybridized carbons (Fsp3) is 0.542. The van der Waals surface area contributed by atoms with E-state index in [0.717, 1.165) is 43.6 Å². The molecule has 3 aliphatic rings. The van der Waals surface area contributed by atoms with E-state index in [1.165, 1.54) is 31.2 Å². The molecular weight excluding hydrogens is 408 g/mol. The number of hydrogen-bond donors (Lipinski definition) is 1. The van der Waals surface area contributed by atoms with Crippen LogP contribution < -0.4 is 4.90 Å². The number of likely N-dealkylation sites (tertiary alicyclic amines) is 1. The standard InChI is InChI=1S/C24H30N4O2S/c29-23(16-31-18-8-2-3-9-18)27-13-6-5-11-22(27)19-15-20(26-25-19)24(30)28-14-12-17-7-1-4-10-21(17)28/h1,4,7,10,15,18,22H,2-3,5-6,8-9,11-14,16H2,(H,25,26). The van der Waals surface area contributed by atoms with E-state index >= 15 is 0 Å². The largest absolute Gasteiger partial charge is 0.333 e. The quantitative estimate of drug-likeness (QED) is 0.754. The molecule has 5 rings (SSSR count). The van der Waals surface area contributed by atoms with Gasteiger partial charge in [-0.2, -0.15) is 5.10 Å². The predicted octanol–water partition coefficient (Wildman–Crippen LogP) is 4.34. The van der Waals surface area contributed by atoms with Gasteiger partial charge in [0.15, 0.2) is 5.69 Å². The second kappa shape index (κ2) is 9.07. The van der Waals surface area contributed by atoms with E-state index in [1.54, 1.807) is 0 Å². The molecule has 2 fully saturated rings. The third-order valence-corrected chi connectivity index (χ3v) is 8.23. The summed E-state index contributed by atoms with van der Waals surface area (Å²) >= 11 is 1.83. The van der Waals surface area contributed by atoms with Crippen molar-refractivity contribution in [1.29, 1.82) is 0 Å². The molecule has 2 aliphatic heterocycles. The molecule has 1 aromatic heterocycles. The number of para-hydroxylation sites is 1. The topological polar surface area (TPSA) is 69.3 Å². The number of nitrogens with one attached hydrogen (secondary N) is 1. The Morgan fingerprint density at radius 3 is 2.74 bits per heavy atom. The monoisotopic (exact) mass is 438 g/mol. The lowest BCUT2D eigenvalue weighted by Gasteiger charge is -2.35. The summed E-state index contributed by atoms with van der Waals surface area (Å²) in [5.74, 6) is 0.710. The SMILES string of the molecule is O=C(c1cc(C2CCCCN2C(=O)CSC2CCCC2)[nH]n1)N1CCc2ccccc21. The zero-order chi connectivity index (χ0) is 21.2. The Morgan fingerprint density at radius 1 is 1.06 bits per heavy atom. The van der Waals surface area contributed by atoms with Crippen LogP contribution in [-0.4, -0.2) is 51.0 Å². The fourth-order valence-corrected chi connectivity index (χ4v) is 6.40. The predicted molar refractivity (Wildman–Crippen MR) is 123 cm³/mol. The van der Waals surface area contributed by atoms with Crippen molar-refractivity contribution in [3.8, 4) is 0 Å². The maximum Gasteiger partial charge on any atom is 0.278 e. The lowest BCUT2D eigenvalue weighted by Crippen LogP contribution is -2.40. The zero-order valence-corrected chi connectivity index (χ0v) is 18.7. The van der Waals surface area contributed by atoms with Gasteiger partial charge in [0, 0.05) is 24.0 Å². The maximum absolute atomic E-state index is 13.1. The first kappa shape index (κ1) is 20.6. The second-order valence-corrected chi connectivity index (χ2v) is 10.1. The highest BCUT2D eigenvalue weighted by Gasteiger charge is 2.32. The average Bonchev–Trinajstić information content (AvgIpc) is 3.58. The number of hydrogen-bond acceptors (Lipinski definition) is 4. The Kier molecular flexibility index (Phi) is 6.03. The number of carbonyl (C=O) groups is 2. The summed E-state index contributed by atoms with van der Waals surface area (Å²) in [7, 11) is 0. The van der Waals surface area contributed by atoms with E-state index in [9.17, 15) is 9.59 Å². The molecule has 1 unspecified atom stereocenters. The first-order valence-electron chi connectivity index (χ1n) is 11.6. The highest BCUT2D eigenvalue weighted by molar-refractivity contribution is 8.00. The Morgan fingerprint density at radius 2 is 1.87 bits per heavy atom. The molecule has 1 aromatic carbocycles. The molecular formula is C24H30N4O2S. The number of thioether (sulfide) groups is 1. The van der Waals surface area contributed by atoms with Crippen molar-refractivity contribution in [2.45, 2.75) is 62.7 Å². The molecule has 0 radical (unpaired) electrons. The lowest BCUT2D eigenvalue weighted by atomic mass is 9.99. The number of piperidine rings is 1. The van der Waals surface area contributed by atoms with Crippen molar-refractivity contribution in [2.75, 3.05) is 23.7 Å². The molecule has 1 N–H and O–H groups in total. The fourth-order valence-electron chi connectivity index (χ4n) is 5.18. The summed E-state index contributed by atoms with van der Waals surface area (Å²) in [5.41, 5.74) is 3.51. The number of carbonyl (C=O) groups excluding carboxylic acids is 2. The molecule has 164 valence electrons. The van der Waals surface area contributed by atoms with Gasteiger partial charge in [0.05, 0.1) is 17.5 Å². The van der Waals surface area contributed by atoms with Gasteiger partial charge in [0.2, 0.25) is 5.91 Å². The molecule has 2 aromatic rings. The van der Waals surface area contributed by atoms with Crippen LogP contribution in [0, 0.1) is 0 Å². The summed E-state index contributed by atoms with van der Waals surface area (Å²) in [6.07, 6.45) is 9.01. The van der Waals surface area contributed by atoms with Gasteiger partial charge < -0.3 is 9.80 Å². The van der Waals surface area contributed by atoms with Crippen LogP contribution >= 0.6 is 11.8 Å². The van der Waals surface area contributed by atoms with Crippen molar-refractivity contribution in [3.63, 3.8) is 0 Å². The number of amides is 2. The Bertz CT molecular complexity index is 953. The molecule has 6 nitrogen and oxygen atoms in total. The average molecular weight is 439 g/mol. The minimum Gasteiger partial charge on any atom is -0.333 e. The summed E-state index contributed by atoms with van der Waals surface area (Å²) in [5, 5.41) is 8.09. The van der Waals surface area contributed by atoms with Gasteiger partial charge in [-0.25, -0.2) is 0 Å². The number of aromatic nitrogens is 2. The maximum atomic E-state index is 13.1. The molecule has 7 heteroatoms. The highest BCUT2D eigenvalue weighted by atomic mass is 32.2. The van der Waals surface area contributed by atoms with Gasteiger partial charge in [-0.15, -0.1) is 11.8 Å². The van der Waals surface area contributed by atoms with Gasteiger partial charge in [-0.05, 0) is 56.2 Å². The van der Waals surface area contributed by atoms with Crippen LogP contribution in [0.2, 0.25) is 0 Å². The number of H-pyrrole nitrogens is 1. The van der Waals surface area contributed by atoms with E-state index in [2.05, 4.69) is 16.3 Å². The lowest BCUT2D eigenvalue weighted by molar-refractivity contribution is -0.132. The van der Waals surface area contributed by atoms with Crippen LogP contribution in [0.1, 0.15) is 72.7 Å². The van der Waals surface area contributed by atoms with E-state index in [4.69, 9.17) is 0 Å². The van der Waals surface area contributed by atoms with Crippen LogP contribution in [0.15, 0.2) is 30.3 Å². The Labute approximate surface area is 187 Å². The van der Waals surface area contributed by atoms with Gasteiger partial charge >= 0.3 is 0 Å². The molecule has 31 heavy (non-hydrogen) atoms. The molecule has 1 saturated carbocycles. The number of anilines is 1. The van der Waals surface area contributed by atoms with Crippen molar-refractivity contribution >= 4 is 29.3 Å². The van der Waals surface area contributed by atoms with Crippen molar-refractivity contribution in [1.82, 2.24) is 15.1 Å². The van der Waals surface area contributed by atoms with Gasteiger partial charge in [0.1, 0.15) is 0 Å². The van der Waals surface area contributed by atoms with E-state index < -0.39 is 0 Å². The molecule has 2 amide bonds. The number of aromatic amines is 1. The highest BCUT2D eigenvalue weighted by Crippen LogP contribution is 2.34. The smallest absolute Gasteiger partial charge is 0.278 e. The van der Waals surface area contributed by atoms with Gasteiger partial charge in [0.25, 0.3) is 5.91 Å². The minimum atomic E-state index is -0.0714. The van der Waals surface area contributed by atoms with Crippen molar-refractivity contribution in [3.05, 3.63) is 47.3 Å². The third kappa shape index (κ3) is 4.25. The third-order valence-electron chi connectivity index (χ3n) is 6.88. The summed E-state index contributed by atoms with van der Waals surface area (Å²) in [6.45, 7) is 1.48. The molecule has 3 heterocycles. The van der Waals surface area contributed by atoms with Crippen molar-refractivity contribution < 1.29 is 9.59 Å². The van der Waals surface area contributed by atoms with E-state index in [1.807, 2.05) is 45.8 Å². The number of rotatable bonds is 5. The number of nitrogens with zero attached hydrogens (tertiary/aromatic N) is 3. The van der Waals surface area contributed by atoms with Gasteiger partial charge in [-0.3, -0.25) is 14.7 Å². The summed E-state index contributed by atoms with van der Waals surface area (Å²) in [6, 6.07) is 9.91. The van der Waals surface area contributed by atoms with E-state index in [-0.39, 0.29) is 17.9 Å². The van der Waals surface area contributed by atoms with Crippen LogP contribution in [0.25, 0.3) is 0 Å². The second-order valence-electron chi connectivity index (χ2n) is 8.86. The minimum absolute atomic E-state index is 0.00894. The zero-order valence-electron chi connectivity index (χ0n) is 17.9. The van der Waals surface area contributed by atoms with Crippen LogP contribution in [0.5, 0.6) is 0 Å². The first-order chi connectivity index (χ1) is 15.2. The number of benzene rings is 1. The normalized spacial score (nSPS) is 21.5. The van der Waals surface area contributed by atoms with Crippen LogP contribution in [0.3, 0.4) is 0 Å². The Hall–Kier alpha value is -2.28. The van der Waals surface area contributed by atoms with Crippen molar-refractivity contribution in [2.24, 2.45) is 0 Å². The first-order valence-corrected chi connectivity index (χ1v) is 12.6. The van der Waals surface area contributed by atoms with Crippen LogP contribution in [-0.2, 0) is 11.2 Å². The summed E-state index contributed by atoms with van der Waals surface area (Å²) in [4.78, 5) is 30.0. The van der Waals surface area contributed by atoms with E-state index in [0.29, 0.717) is 23.2 Å². The molecule has 0 spiro atoms. The summed E-state index contributed by atoms with van der Waals surface area (Å²) < 4.78 is 0. The molecule has 1 aliphatic carbocycles.